The van der Waals surface area contributed by atoms with Crippen LogP contribution in [-0.2, 0) is 6.42 Å². The van der Waals surface area contributed by atoms with E-state index in [2.05, 4.69) is 30.3 Å². The Morgan fingerprint density at radius 2 is 1.89 bits per heavy atom. The third-order valence-corrected chi connectivity index (χ3v) is 4.44. The first kappa shape index (κ1) is 14.3. The molecular weight excluding hydrogens is 254 g/mol. The molecule has 1 aromatic heterocycles. The number of benzene rings is 1. The van der Waals surface area contributed by atoms with Gasteiger partial charge < -0.3 is 10.8 Å². The van der Waals surface area contributed by atoms with Crippen LogP contribution in [0.5, 0.6) is 0 Å². The topological polar surface area (TPSA) is 46.2 Å². The van der Waals surface area contributed by atoms with Crippen LogP contribution in [0.1, 0.15) is 29.2 Å². The van der Waals surface area contributed by atoms with Gasteiger partial charge in [0.1, 0.15) is 0 Å². The second kappa shape index (κ2) is 7.43. The lowest BCUT2D eigenvalue weighted by Gasteiger charge is -2.20. The van der Waals surface area contributed by atoms with Crippen LogP contribution in [-0.4, -0.2) is 17.8 Å². The maximum absolute atomic E-state index is 10.3. The lowest BCUT2D eigenvalue weighted by Crippen LogP contribution is -2.25. The van der Waals surface area contributed by atoms with Crippen molar-refractivity contribution in [2.75, 3.05) is 6.54 Å². The smallest absolute Gasteiger partial charge is 0.0628 e. The molecule has 0 amide bonds. The largest absolute Gasteiger partial charge is 0.392 e. The van der Waals surface area contributed by atoms with E-state index in [9.17, 15) is 5.11 Å². The van der Waals surface area contributed by atoms with E-state index in [0.717, 1.165) is 19.3 Å². The summed E-state index contributed by atoms with van der Waals surface area (Å²) in [7, 11) is 0. The van der Waals surface area contributed by atoms with Gasteiger partial charge in [-0.05, 0) is 36.3 Å². The predicted molar refractivity (Wildman–Crippen MR) is 81.5 cm³/mol. The number of thiophene rings is 1. The standard InChI is InChI=1S/C16H21NOS/c17-12-14(16-10-5-11-19-16)15(18)9-4-8-13-6-2-1-3-7-13/h1-3,5-7,10-11,14-15,18H,4,8-9,12,17H2. The monoisotopic (exact) mass is 275 g/mol. The van der Waals surface area contributed by atoms with Gasteiger partial charge in [0.15, 0.2) is 0 Å². The first-order valence-corrected chi connectivity index (χ1v) is 7.64. The molecule has 0 aliphatic heterocycles. The van der Waals surface area contributed by atoms with Gasteiger partial charge in [-0.1, -0.05) is 36.4 Å². The summed E-state index contributed by atoms with van der Waals surface area (Å²) < 4.78 is 0. The molecule has 0 saturated carbocycles. The van der Waals surface area contributed by atoms with E-state index in [1.807, 2.05) is 17.5 Å². The second-order valence-corrected chi connectivity index (χ2v) is 5.78. The van der Waals surface area contributed by atoms with Gasteiger partial charge in [0.2, 0.25) is 0 Å². The molecule has 0 aliphatic rings. The summed E-state index contributed by atoms with van der Waals surface area (Å²) in [5.74, 6) is 0.0794. The average molecular weight is 275 g/mol. The summed E-state index contributed by atoms with van der Waals surface area (Å²) in [6.07, 6.45) is 2.47. The molecule has 1 aromatic carbocycles. The van der Waals surface area contributed by atoms with E-state index in [-0.39, 0.29) is 12.0 Å². The highest BCUT2D eigenvalue weighted by molar-refractivity contribution is 7.10. The fraction of sp³-hybridized carbons (Fsp3) is 0.375. The fourth-order valence-corrected chi connectivity index (χ4v) is 3.23. The molecule has 2 atom stereocenters. The number of rotatable bonds is 7. The summed E-state index contributed by atoms with van der Waals surface area (Å²) in [6.45, 7) is 0.507. The van der Waals surface area contributed by atoms with E-state index in [1.54, 1.807) is 11.3 Å². The minimum Gasteiger partial charge on any atom is -0.392 e. The molecule has 0 aliphatic carbocycles. The highest BCUT2D eigenvalue weighted by Crippen LogP contribution is 2.26. The van der Waals surface area contributed by atoms with Crippen molar-refractivity contribution in [3.05, 3.63) is 58.3 Å². The molecule has 3 heteroatoms. The Labute approximate surface area is 118 Å². The summed E-state index contributed by atoms with van der Waals surface area (Å²) in [4.78, 5) is 1.19. The molecule has 102 valence electrons. The van der Waals surface area contributed by atoms with Crippen LogP contribution in [0.3, 0.4) is 0 Å². The Kier molecular flexibility index (Phi) is 5.58. The van der Waals surface area contributed by atoms with Gasteiger partial charge in [0, 0.05) is 17.3 Å². The van der Waals surface area contributed by atoms with Crippen LogP contribution in [0.4, 0.5) is 0 Å². The van der Waals surface area contributed by atoms with Crippen molar-refractivity contribution in [2.24, 2.45) is 5.73 Å². The first-order valence-electron chi connectivity index (χ1n) is 6.76. The summed E-state index contributed by atoms with van der Waals surface area (Å²) >= 11 is 1.67. The number of aliphatic hydroxyl groups is 1. The Bertz CT molecular complexity index is 455. The zero-order valence-electron chi connectivity index (χ0n) is 11.0. The molecule has 0 radical (unpaired) electrons. The summed E-state index contributed by atoms with van der Waals surface area (Å²) in [6, 6.07) is 14.5. The molecule has 0 spiro atoms. The van der Waals surface area contributed by atoms with Gasteiger partial charge in [-0.15, -0.1) is 11.3 Å². The molecule has 19 heavy (non-hydrogen) atoms. The molecule has 2 unspecified atom stereocenters. The molecular formula is C16H21NOS. The molecule has 0 saturated heterocycles. The van der Waals surface area contributed by atoms with Crippen LogP contribution in [0.25, 0.3) is 0 Å². The molecule has 3 N–H and O–H groups in total. The third kappa shape index (κ3) is 4.16. The number of hydrogen-bond donors (Lipinski definition) is 2. The number of nitrogens with two attached hydrogens (primary N) is 1. The molecule has 0 fully saturated rings. The third-order valence-electron chi connectivity index (χ3n) is 3.44. The van der Waals surface area contributed by atoms with E-state index in [4.69, 9.17) is 5.73 Å². The van der Waals surface area contributed by atoms with Crippen molar-refractivity contribution in [1.29, 1.82) is 0 Å². The summed E-state index contributed by atoms with van der Waals surface area (Å²) in [5, 5.41) is 12.3. The van der Waals surface area contributed by atoms with Crippen LogP contribution < -0.4 is 5.73 Å². The van der Waals surface area contributed by atoms with Crippen molar-refractivity contribution in [3.63, 3.8) is 0 Å². The average Bonchev–Trinajstić information content (AvgIpc) is 2.95. The number of hydrogen-bond acceptors (Lipinski definition) is 3. The van der Waals surface area contributed by atoms with Gasteiger partial charge in [-0.25, -0.2) is 0 Å². The lowest BCUT2D eigenvalue weighted by atomic mass is 9.95. The van der Waals surface area contributed by atoms with E-state index in [1.165, 1.54) is 10.4 Å². The maximum atomic E-state index is 10.3. The van der Waals surface area contributed by atoms with Crippen molar-refractivity contribution in [3.8, 4) is 0 Å². The van der Waals surface area contributed by atoms with Gasteiger partial charge in [-0.3, -0.25) is 0 Å². The minimum absolute atomic E-state index is 0.0794. The number of aryl methyl sites for hydroxylation is 1. The van der Waals surface area contributed by atoms with Crippen LogP contribution in [0, 0.1) is 0 Å². The minimum atomic E-state index is -0.340. The maximum Gasteiger partial charge on any atom is 0.0628 e. The lowest BCUT2D eigenvalue weighted by molar-refractivity contribution is 0.134. The van der Waals surface area contributed by atoms with E-state index >= 15 is 0 Å². The SMILES string of the molecule is NCC(c1cccs1)C(O)CCCc1ccccc1. The van der Waals surface area contributed by atoms with Crippen LogP contribution in [0.15, 0.2) is 47.8 Å². The van der Waals surface area contributed by atoms with Gasteiger partial charge in [-0.2, -0.15) is 0 Å². The Hall–Kier alpha value is -1.16. The zero-order chi connectivity index (χ0) is 13.5. The first-order chi connectivity index (χ1) is 9.31. The Morgan fingerprint density at radius 3 is 2.53 bits per heavy atom. The normalized spacial score (nSPS) is 14.2. The Morgan fingerprint density at radius 1 is 1.11 bits per heavy atom. The molecule has 0 bridgehead atoms. The summed E-state index contributed by atoms with van der Waals surface area (Å²) in [5.41, 5.74) is 7.12. The fourth-order valence-electron chi connectivity index (χ4n) is 2.33. The Balaban J connectivity index is 1.82. The molecule has 2 aromatic rings. The van der Waals surface area contributed by atoms with Crippen molar-refractivity contribution in [2.45, 2.75) is 31.3 Å². The molecule has 2 nitrogen and oxygen atoms in total. The number of aliphatic hydroxyl groups excluding tert-OH is 1. The quantitative estimate of drug-likeness (QED) is 0.815. The highest BCUT2D eigenvalue weighted by Gasteiger charge is 2.20. The molecule has 2 rings (SSSR count). The van der Waals surface area contributed by atoms with Crippen molar-refractivity contribution >= 4 is 11.3 Å². The van der Waals surface area contributed by atoms with E-state index < -0.39 is 0 Å². The van der Waals surface area contributed by atoms with Gasteiger partial charge >= 0.3 is 0 Å². The zero-order valence-corrected chi connectivity index (χ0v) is 11.9. The van der Waals surface area contributed by atoms with Gasteiger partial charge in [0.25, 0.3) is 0 Å². The van der Waals surface area contributed by atoms with E-state index in [0.29, 0.717) is 6.54 Å². The molecule has 1 heterocycles. The van der Waals surface area contributed by atoms with Crippen molar-refractivity contribution in [1.82, 2.24) is 0 Å². The van der Waals surface area contributed by atoms with Crippen LogP contribution >= 0.6 is 11.3 Å². The van der Waals surface area contributed by atoms with Crippen molar-refractivity contribution < 1.29 is 5.11 Å². The highest BCUT2D eigenvalue weighted by atomic mass is 32.1. The van der Waals surface area contributed by atoms with Crippen LogP contribution in [0.2, 0.25) is 0 Å². The predicted octanol–water partition coefficient (Wildman–Crippen LogP) is 3.17. The second-order valence-electron chi connectivity index (χ2n) is 4.80. The van der Waals surface area contributed by atoms with Gasteiger partial charge in [0.05, 0.1) is 6.10 Å².